The summed E-state index contributed by atoms with van der Waals surface area (Å²) < 4.78 is -2.10. The van der Waals surface area contributed by atoms with Gasteiger partial charge in [0.15, 0.2) is 0 Å². The number of benzene rings is 2. The van der Waals surface area contributed by atoms with Crippen molar-refractivity contribution in [1.29, 1.82) is 0 Å². The Morgan fingerprint density at radius 3 is 2.37 bits per heavy atom. The van der Waals surface area contributed by atoms with Gasteiger partial charge in [-0.05, 0) is 18.2 Å². The normalized spacial score (nSPS) is 11.1. The van der Waals surface area contributed by atoms with Gasteiger partial charge in [-0.2, -0.15) is 0 Å². The SMILES string of the molecule is O=C(Nc1nnc(-c2ccccc2)s1)c1cccc(NC(=O)C(Cl)(Cl)Cl)c1. The van der Waals surface area contributed by atoms with E-state index in [1.54, 1.807) is 18.2 Å². The highest BCUT2D eigenvalue weighted by atomic mass is 35.6. The number of alkyl halides is 3. The maximum atomic E-state index is 12.4. The number of amides is 2. The molecule has 3 rings (SSSR count). The molecule has 0 aliphatic heterocycles. The van der Waals surface area contributed by atoms with E-state index in [1.807, 2.05) is 30.3 Å². The second-order valence-corrected chi connectivity index (χ2v) is 8.52. The Bertz CT molecular complexity index is 974. The number of nitrogens with one attached hydrogen (secondary N) is 2. The molecule has 1 aromatic heterocycles. The summed E-state index contributed by atoms with van der Waals surface area (Å²) in [6, 6.07) is 15.7. The van der Waals surface area contributed by atoms with Crippen molar-refractivity contribution in [2.75, 3.05) is 10.6 Å². The predicted molar refractivity (Wildman–Crippen MR) is 109 cm³/mol. The van der Waals surface area contributed by atoms with Crippen LogP contribution in [0.25, 0.3) is 10.6 Å². The third-order valence-electron chi connectivity index (χ3n) is 3.31. The highest BCUT2D eigenvalue weighted by molar-refractivity contribution is 7.18. The first-order chi connectivity index (χ1) is 12.8. The Balaban J connectivity index is 1.71. The molecule has 2 amide bonds. The van der Waals surface area contributed by atoms with Crippen LogP contribution in [-0.4, -0.2) is 25.8 Å². The Hall–Kier alpha value is -2.19. The van der Waals surface area contributed by atoms with E-state index >= 15 is 0 Å². The van der Waals surface area contributed by atoms with Crippen LogP contribution in [0.1, 0.15) is 10.4 Å². The van der Waals surface area contributed by atoms with Crippen molar-refractivity contribution >= 4 is 68.8 Å². The number of hydrogen-bond acceptors (Lipinski definition) is 5. The van der Waals surface area contributed by atoms with Crippen molar-refractivity contribution in [2.45, 2.75) is 3.79 Å². The molecule has 2 N–H and O–H groups in total. The van der Waals surface area contributed by atoms with Crippen molar-refractivity contribution in [3.05, 3.63) is 60.2 Å². The molecule has 1 heterocycles. The average Bonchev–Trinajstić information content (AvgIpc) is 3.10. The Kier molecular flexibility index (Phi) is 5.96. The molecule has 138 valence electrons. The summed E-state index contributed by atoms with van der Waals surface area (Å²) in [5.41, 5.74) is 1.53. The topological polar surface area (TPSA) is 84.0 Å². The number of nitrogens with zero attached hydrogens (tertiary/aromatic N) is 2. The van der Waals surface area contributed by atoms with Gasteiger partial charge in [-0.1, -0.05) is 82.5 Å². The first-order valence-electron chi connectivity index (χ1n) is 7.51. The molecule has 27 heavy (non-hydrogen) atoms. The maximum Gasteiger partial charge on any atom is 0.276 e. The highest BCUT2D eigenvalue weighted by Gasteiger charge is 2.30. The van der Waals surface area contributed by atoms with E-state index in [0.29, 0.717) is 21.4 Å². The molecule has 6 nitrogen and oxygen atoms in total. The quantitative estimate of drug-likeness (QED) is 0.571. The number of aromatic nitrogens is 2. The van der Waals surface area contributed by atoms with Crippen LogP contribution in [0, 0.1) is 0 Å². The fourth-order valence-corrected chi connectivity index (χ4v) is 2.97. The van der Waals surface area contributed by atoms with Gasteiger partial charge in [0.1, 0.15) is 5.01 Å². The third kappa shape index (κ3) is 5.17. The van der Waals surface area contributed by atoms with Crippen molar-refractivity contribution in [2.24, 2.45) is 0 Å². The minimum Gasteiger partial charge on any atom is -0.322 e. The number of halogens is 3. The molecule has 2 aromatic carbocycles. The lowest BCUT2D eigenvalue weighted by molar-refractivity contribution is -0.115. The molecule has 10 heteroatoms. The van der Waals surface area contributed by atoms with E-state index in [0.717, 1.165) is 5.56 Å². The predicted octanol–water partition coefficient (Wildman–Crippen LogP) is 4.77. The second-order valence-electron chi connectivity index (χ2n) is 5.27. The molecule has 0 bridgehead atoms. The van der Waals surface area contributed by atoms with Crippen molar-refractivity contribution < 1.29 is 9.59 Å². The number of rotatable bonds is 4. The minimum atomic E-state index is -2.10. The zero-order valence-corrected chi connectivity index (χ0v) is 16.5. The summed E-state index contributed by atoms with van der Waals surface area (Å²) in [7, 11) is 0. The molecule has 0 saturated heterocycles. The smallest absolute Gasteiger partial charge is 0.276 e. The van der Waals surface area contributed by atoms with Crippen LogP contribution in [0.4, 0.5) is 10.8 Å². The molecule has 0 atom stereocenters. The number of carbonyl (C=O) groups excluding carboxylic acids is 2. The number of carbonyl (C=O) groups is 2. The fourth-order valence-electron chi connectivity index (χ4n) is 2.08. The minimum absolute atomic E-state index is 0.300. The average molecular weight is 442 g/mol. The van der Waals surface area contributed by atoms with E-state index in [4.69, 9.17) is 34.8 Å². The van der Waals surface area contributed by atoms with Gasteiger partial charge in [0, 0.05) is 16.8 Å². The standard InChI is InChI=1S/C17H11Cl3N4O2S/c18-17(19,20)15(26)21-12-8-4-7-11(9-12)13(25)22-16-24-23-14(27-16)10-5-2-1-3-6-10/h1-9H,(H,21,26)(H,22,24,25). The molecule has 0 fully saturated rings. The zero-order valence-electron chi connectivity index (χ0n) is 13.4. The molecule has 0 unspecified atom stereocenters. The summed E-state index contributed by atoms with van der Waals surface area (Å²) in [6.45, 7) is 0. The molecule has 0 aliphatic carbocycles. The van der Waals surface area contributed by atoms with Gasteiger partial charge in [0.05, 0.1) is 0 Å². The highest BCUT2D eigenvalue weighted by Crippen LogP contribution is 2.28. The van der Waals surface area contributed by atoms with Crippen LogP contribution in [-0.2, 0) is 4.79 Å². The number of hydrogen-bond donors (Lipinski definition) is 2. The van der Waals surface area contributed by atoms with Crippen molar-refractivity contribution in [1.82, 2.24) is 10.2 Å². The molecule has 0 aliphatic rings. The molecule has 0 saturated carbocycles. The van der Waals surface area contributed by atoms with Crippen LogP contribution < -0.4 is 10.6 Å². The van der Waals surface area contributed by atoms with E-state index < -0.39 is 15.6 Å². The lowest BCUT2D eigenvalue weighted by Crippen LogP contribution is -2.27. The van der Waals surface area contributed by atoms with E-state index in [1.165, 1.54) is 17.4 Å². The van der Waals surface area contributed by atoms with E-state index in [9.17, 15) is 9.59 Å². The first-order valence-corrected chi connectivity index (χ1v) is 9.46. The largest absolute Gasteiger partial charge is 0.322 e. The van der Waals surface area contributed by atoms with Crippen molar-refractivity contribution in [3.63, 3.8) is 0 Å². The Labute approximate surface area is 173 Å². The van der Waals surface area contributed by atoms with Gasteiger partial charge in [-0.25, -0.2) is 0 Å². The first kappa shape index (κ1) is 19.6. The molecular weight excluding hydrogens is 431 g/mol. The lowest BCUT2D eigenvalue weighted by atomic mass is 10.2. The van der Waals surface area contributed by atoms with Gasteiger partial charge >= 0.3 is 0 Å². The van der Waals surface area contributed by atoms with Gasteiger partial charge in [0.2, 0.25) is 5.13 Å². The van der Waals surface area contributed by atoms with E-state index in [2.05, 4.69) is 20.8 Å². The van der Waals surface area contributed by atoms with Gasteiger partial charge in [-0.15, -0.1) is 10.2 Å². The van der Waals surface area contributed by atoms with Crippen molar-refractivity contribution in [3.8, 4) is 10.6 Å². The van der Waals surface area contributed by atoms with Crippen LogP contribution >= 0.6 is 46.1 Å². The molecule has 0 spiro atoms. The van der Waals surface area contributed by atoms with Crippen LogP contribution in [0.2, 0.25) is 0 Å². The molecule has 0 radical (unpaired) electrons. The fraction of sp³-hybridized carbons (Fsp3) is 0.0588. The van der Waals surface area contributed by atoms with Crippen LogP contribution in [0.5, 0.6) is 0 Å². The Morgan fingerprint density at radius 2 is 1.67 bits per heavy atom. The van der Waals surface area contributed by atoms with Crippen LogP contribution in [0.3, 0.4) is 0 Å². The summed E-state index contributed by atoms with van der Waals surface area (Å²) in [6.07, 6.45) is 0. The zero-order chi connectivity index (χ0) is 19.4. The third-order valence-corrected chi connectivity index (χ3v) is 4.71. The molecule has 3 aromatic rings. The van der Waals surface area contributed by atoms with Gasteiger partial charge < -0.3 is 5.32 Å². The summed E-state index contributed by atoms with van der Waals surface area (Å²) in [4.78, 5) is 24.2. The molecular formula is C17H11Cl3N4O2S. The maximum absolute atomic E-state index is 12.4. The van der Waals surface area contributed by atoms with Crippen LogP contribution in [0.15, 0.2) is 54.6 Å². The van der Waals surface area contributed by atoms with Gasteiger partial charge in [0.25, 0.3) is 15.6 Å². The lowest BCUT2D eigenvalue weighted by Gasteiger charge is -2.12. The van der Waals surface area contributed by atoms with E-state index in [-0.39, 0.29) is 0 Å². The summed E-state index contributed by atoms with van der Waals surface area (Å²) in [5.74, 6) is -1.22. The summed E-state index contributed by atoms with van der Waals surface area (Å²) >= 11 is 17.8. The monoisotopic (exact) mass is 440 g/mol. The number of anilines is 2. The second kappa shape index (κ2) is 8.22. The van der Waals surface area contributed by atoms with Gasteiger partial charge in [-0.3, -0.25) is 14.9 Å². The summed E-state index contributed by atoms with van der Waals surface area (Å²) in [5, 5.41) is 14.2. The Morgan fingerprint density at radius 1 is 0.926 bits per heavy atom.